The second-order valence-corrected chi connectivity index (χ2v) is 9.38. The maximum Gasteiger partial charge on any atom is 0.321 e. The summed E-state index contributed by atoms with van der Waals surface area (Å²) in [6, 6.07) is 0.604. The van der Waals surface area contributed by atoms with Gasteiger partial charge in [-0.2, -0.15) is 0 Å². The van der Waals surface area contributed by atoms with E-state index in [2.05, 4.69) is 17.3 Å². The van der Waals surface area contributed by atoms with Crippen LogP contribution in [0.4, 0.5) is 0 Å². The Hall–Kier alpha value is -2.52. The third kappa shape index (κ3) is 2.75. The van der Waals surface area contributed by atoms with Crippen LogP contribution in [0.25, 0.3) is 0 Å². The summed E-state index contributed by atoms with van der Waals surface area (Å²) in [4.78, 5) is 25.6. The van der Waals surface area contributed by atoms with E-state index in [9.17, 15) is 19.8 Å². The SMILES string of the molecule is COc1cc(O)c2c3c1C[C@@H]1[C@@H]4CC[C@H](N[C@@H](CC(N)=O)C(=O)O)[C@H](O2)[C@]34CCN1C. The number of phenols is 1. The number of carbonyl (C=O) groups is 2. The van der Waals surface area contributed by atoms with E-state index in [1.165, 1.54) is 0 Å². The number of hydrogen-bond donors (Lipinski definition) is 4. The van der Waals surface area contributed by atoms with Gasteiger partial charge in [0.25, 0.3) is 0 Å². The van der Waals surface area contributed by atoms with Crippen LogP contribution >= 0.6 is 0 Å². The van der Waals surface area contributed by atoms with E-state index in [0.29, 0.717) is 23.5 Å². The third-order valence-corrected chi connectivity index (χ3v) is 8.02. The van der Waals surface area contributed by atoms with Crippen molar-refractivity contribution >= 4 is 11.9 Å². The van der Waals surface area contributed by atoms with Crippen molar-refractivity contribution in [3.63, 3.8) is 0 Å². The van der Waals surface area contributed by atoms with Crippen molar-refractivity contribution in [2.24, 2.45) is 11.7 Å². The number of carbonyl (C=O) groups excluding carboxylic acids is 1. The van der Waals surface area contributed by atoms with Gasteiger partial charge in [-0.3, -0.25) is 14.9 Å². The van der Waals surface area contributed by atoms with E-state index in [4.69, 9.17) is 15.2 Å². The number of carboxylic acids is 1. The van der Waals surface area contributed by atoms with Gasteiger partial charge in [0.15, 0.2) is 11.5 Å². The summed E-state index contributed by atoms with van der Waals surface area (Å²) in [5, 5.41) is 23.5. The fraction of sp³-hybridized carbons (Fsp3) is 0.636. The lowest BCUT2D eigenvalue weighted by Gasteiger charge is -2.59. The minimum Gasteiger partial charge on any atom is -0.504 e. The Morgan fingerprint density at radius 2 is 2.23 bits per heavy atom. The second kappa shape index (κ2) is 7.00. The maximum atomic E-state index is 11.8. The predicted octanol–water partition coefficient (Wildman–Crippen LogP) is 0.357. The number of aromatic hydroxyl groups is 1. The van der Waals surface area contributed by atoms with Gasteiger partial charge in [0.2, 0.25) is 5.91 Å². The number of benzene rings is 1. The molecule has 5 N–H and O–H groups in total. The Balaban J connectivity index is 1.60. The number of piperidine rings is 1. The van der Waals surface area contributed by atoms with Crippen molar-refractivity contribution < 1.29 is 29.3 Å². The first kappa shape index (κ1) is 20.4. The molecular weight excluding hydrogens is 402 g/mol. The van der Waals surface area contributed by atoms with Gasteiger partial charge < -0.3 is 30.3 Å². The molecule has 2 aliphatic carbocycles. The molecule has 6 atom stereocenters. The van der Waals surface area contributed by atoms with Crippen LogP contribution in [0, 0.1) is 5.92 Å². The van der Waals surface area contributed by atoms with Crippen LogP contribution in [0.15, 0.2) is 6.07 Å². The highest BCUT2D eigenvalue weighted by Gasteiger charge is 2.66. The van der Waals surface area contributed by atoms with Crippen LogP contribution in [-0.4, -0.2) is 71.9 Å². The maximum absolute atomic E-state index is 11.8. The number of hydrogen-bond acceptors (Lipinski definition) is 7. The molecule has 0 aromatic heterocycles. The van der Waals surface area contributed by atoms with Crippen LogP contribution < -0.4 is 20.5 Å². The molecule has 2 heterocycles. The first-order valence-corrected chi connectivity index (χ1v) is 10.8. The Bertz CT molecular complexity index is 952. The van der Waals surface area contributed by atoms with Crippen molar-refractivity contribution in [2.75, 3.05) is 20.7 Å². The fourth-order valence-corrected chi connectivity index (χ4v) is 6.82. The molecule has 2 bridgehead atoms. The first-order chi connectivity index (χ1) is 14.8. The number of primary amides is 1. The average Bonchev–Trinajstić information content (AvgIpc) is 3.07. The number of nitrogens with two attached hydrogens (primary N) is 1. The van der Waals surface area contributed by atoms with Gasteiger partial charge in [0.1, 0.15) is 17.9 Å². The smallest absolute Gasteiger partial charge is 0.321 e. The number of likely N-dealkylation sites (tertiary alicyclic amines) is 1. The molecule has 2 aliphatic heterocycles. The highest BCUT2D eigenvalue weighted by atomic mass is 16.5. The molecule has 168 valence electrons. The zero-order chi connectivity index (χ0) is 22.1. The monoisotopic (exact) mass is 431 g/mol. The number of likely N-dealkylation sites (N-methyl/N-ethyl adjacent to an activating group) is 1. The zero-order valence-electron chi connectivity index (χ0n) is 17.8. The van der Waals surface area contributed by atoms with Gasteiger partial charge in [0.05, 0.1) is 13.5 Å². The van der Waals surface area contributed by atoms with Crippen molar-refractivity contribution in [3.8, 4) is 17.2 Å². The predicted molar refractivity (Wildman–Crippen MR) is 110 cm³/mol. The van der Waals surface area contributed by atoms with Crippen LogP contribution in [-0.2, 0) is 21.4 Å². The Labute approximate surface area is 180 Å². The topological polar surface area (TPSA) is 134 Å². The van der Waals surface area contributed by atoms with Crippen LogP contribution in [0.1, 0.15) is 36.8 Å². The van der Waals surface area contributed by atoms with Gasteiger partial charge in [-0.15, -0.1) is 0 Å². The fourth-order valence-electron chi connectivity index (χ4n) is 6.82. The van der Waals surface area contributed by atoms with Gasteiger partial charge in [0, 0.05) is 34.7 Å². The number of nitrogens with zero attached hydrogens (tertiary/aromatic N) is 1. The molecule has 1 saturated carbocycles. The minimum absolute atomic E-state index is 0.0566. The van der Waals surface area contributed by atoms with Crippen molar-refractivity contribution in [3.05, 3.63) is 17.2 Å². The Kier molecular flexibility index (Phi) is 4.60. The summed E-state index contributed by atoms with van der Waals surface area (Å²) in [5.41, 5.74) is 7.08. The molecule has 9 nitrogen and oxygen atoms in total. The molecule has 1 spiro atoms. The number of ether oxygens (including phenoxy) is 2. The third-order valence-electron chi connectivity index (χ3n) is 8.02. The summed E-state index contributed by atoms with van der Waals surface area (Å²) in [6.45, 7) is 0.897. The number of methoxy groups -OCH3 is 1. The number of rotatable bonds is 6. The number of phenolic OH excluding ortho intramolecular Hbond substituents is 1. The molecule has 5 rings (SSSR count). The Morgan fingerprint density at radius 3 is 2.90 bits per heavy atom. The largest absolute Gasteiger partial charge is 0.504 e. The zero-order valence-corrected chi connectivity index (χ0v) is 17.8. The summed E-state index contributed by atoms with van der Waals surface area (Å²) >= 11 is 0. The molecule has 1 amide bonds. The standard InChI is InChI=1S/C22H29N3O6/c1-25-6-5-22-11-3-4-12(24-13(21(28)29)8-17(23)27)20(22)31-19-15(26)9-16(30-2)10(18(19)22)7-14(11)25/h9,11-14,20,24,26H,3-8H2,1-2H3,(H2,23,27)(H,28,29)/t11-,12-,13-,14+,20-,22-/m0/s1. The van der Waals surface area contributed by atoms with Crippen molar-refractivity contribution in [1.82, 2.24) is 10.2 Å². The number of carboxylic acid groups (broad SMARTS) is 1. The van der Waals surface area contributed by atoms with Gasteiger partial charge in [-0.05, 0) is 45.2 Å². The number of amides is 1. The normalized spacial score (nSPS) is 33.9. The Morgan fingerprint density at radius 1 is 1.45 bits per heavy atom. The molecule has 1 aromatic rings. The van der Waals surface area contributed by atoms with E-state index in [1.54, 1.807) is 13.2 Å². The molecule has 0 unspecified atom stereocenters. The molecule has 0 radical (unpaired) electrons. The minimum atomic E-state index is -1.11. The molecule has 1 aromatic carbocycles. The summed E-state index contributed by atoms with van der Waals surface area (Å²) in [5.74, 6) is -0.196. The van der Waals surface area contributed by atoms with Gasteiger partial charge in [-0.1, -0.05) is 0 Å². The lowest BCUT2D eigenvalue weighted by atomic mass is 9.51. The van der Waals surface area contributed by atoms with Crippen molar-refractivity contribution in [1.29, 1.82) is 0 Å². The first-order valence-electron chi connectivity index (χ1n) is 10.8. The lowest BCUT2D eigenvalue weighted by Crippen LogP contribution is -2.69. The number of nitrogens with one attached hydrogen (secondary N) is 1. The van der Waals surface area contributed by atoms with Crippen LogP contribution in [0.5, 0.6) is 17.2 Å². The quantitative estimate of drug-likeness (QED) is 0.507. The van der Waals surface area contributed by atoms with E-state index in [0.717, 1.165) is 43.4 Å². The average molecular weight is 431 g/mol. The molecular formula is C22H29N3O6. The highest BCUT2D eigenvalue weighted by molar-refractivity contribution is 5.83. The van der Waals surface area contributed by atoms with Gasteiger partial charge in [-0.25, -0.2) is 0 Å². The number of aliphatic carboxylic acids is 1. The van der Waals surface area contributed by atoms with E-state index >= 15 is 0 Å². The lowest BCUT2D eigenvalue weighted by molar-refractivity contribution is -0.142. The highest BCUT2D eigenvalue weighted by Crippen LogP contribution is 2.65. The molecule has 1 saturated heterocycles. The van der Waals surface area contributed by atoms with Crippen LogP contribution in [0.3, 0.4) is 0 Å². The molecule has 31 heavy (non-hydrogen) atoms. The van der Waals surface area contributed by atoms with Crippen molar-refractivity contribution in [2.45, 2.75) is 61.7 Å². The molecule has 4 aliphatic rings. The van der Waals surface area contributed by atoms with E-state index in [1.807, 2.05) is 0 Å². The second-order valence-electron chi connectivity index (χ2n) is 9.38. The molecule has 9 heteroatoms. The van der Waals surface area contributed by atoms with E-state index < -0.39 is 17.9 Å². The summed E-state index contributed by atoms with van der Waals surface area (Å²) < 4.78 is 12.1. The van der Waals surface area contributed by atoms with Crippen LogP contribution in [0.2, 0.25) is 0 Å². The van der Waals surface area contributed by atoms with Gasteiger partial charge >= 0.3 is 5.97 Å². The molecule has 2 fully saturated rings. The summed E-state index contributed by atoms with van der Waals surface area (Å²) in [7, 11) is 3.76. The summed E-state index contributed by atoms with van der Waals surface area (Å²) in [6.07, 6.45) is 2.72. The van der Waals surface area contributed by atoms with E-state index in [-0.39, 0.29) is 29.7 Å².